The predicted octanol–water partition coefficient (Wildman–Crippen LogP) is 3.90. The molecule has 2 nitrogen and oxygen atoms in total. The Bertz CT molecular complexity index is 443. The van der Waals surface area contributed by atoms with Crippen molar-refractivity contribution in [3.8, 4) is 5.75 Å². The average molecular weight is 325 g/mol. The first-order valence-corrected chi connectivity index (χ1v) is 6.08. The van der Waals surface area contributed by atoms with Crippen molar-refractivity contribution in [1.82, 2.24) is 0 Å². The largest absolute Gasteiger partial charge is 0.491 e. The van der Waals surface area contributed by atoms with E-state index < -0.39 is 17.6 Å². The first-order chi connectivity index (χ1) is 8.21. The molecule has 0 fully saturated rings. The minimum absolute atomic E-state index is 0.168. The Kier molecular flexibility index (Phi) is 4.78. The SMILES string of the molecule is CC(=O)c1cc(C)ccc1OCC(Br)C(F)(F)F. The first-order valence-electron chi connectivity index (χ1n) is 5.17. The van der Waals surface area contributed by atoms with Gasteiger partial charge in [-0.1, -0.05) is 27.6 Å². The second-order valence-electron chi connectivity index (χ2n) is 3.88. The van der Waals surface area contributed by atoms with Gasteiger partial charge in [0.2, 0.25) is 0 Å². The number of hydrogen-bond acceptors (Lipinski definition) is 2. The smallest absolute Gasteiger partial charge is 0.404 e. The maximum Gasteiger partial charge on any atom is 0.404 e. The molecule has 0 N–H and O–H groups in total. The molecule has 0 aliphatic heterocycles. The van der Waals surface area contributed by atoms with Crippen LogP contribution in [-0.4, -0.2) is 23.4 Å². The maximum absolute atomic E-state index is 12.3. The van der Waals surface area contributed by atoms with Crippen LogP contribution >= 0.6 is 15.9 Å². The summed E-state index contributed by atoms with van der Waals surface area (Å²) in [5, 5.41) is 0. The Morgan fingerprint density at radius 3 is 2.56 bits per heavy atom. The van der Waals surface area contributed by atoms with Crippen molar-refractivity contribution in [3.05, 3.63) is 29.3 Å². The van der Waals surface area contributed by atoms with Crippen LogP contribution < -0.4 is 4.74 Å². The normalized spacial score (nSPS) is 13.2. The minimum atomic E-state index is -4.37. The van der Waals surface area contributed by atoms with Gasteiger partial charge >= 0.3 is 6.18 Å². The summed E-state index contributed by atoms with van der Waals surface area (Å²) in [4.78, 5) is 9.59. The van der Waals surface area contributed by atoms with Gasteiger partial charge in [0.15, 0.2) is 5.78 Å². The highest BCUT2D eigenvalue weighted by Crippen LogP contribution is 2.28. The number of halogens is 4. The standard InChI is InChI=1S/C12H12BrF3O2/c1-7-3-4-10(9(5-7)8(2)17)18-6-11(13)12(14,15)16/h3-5,11H,6H2,1-2H3. The molecule has 6 heteroatoms. The Hall–Kier alpha value is -1.04. The number of alkyl halides is 4. The highest BCUT2D eigenvalue weighted by molar-refractivity contribution is 9.09. The zero-order valence-corrected chi connectivity index (χ0v) is 11.4. The van der Waals surface area contributed by atoms with Crippen LogP contribution in [0.4, 0.5) is 13.2 Å². The number of ether oxygens (including phenoxy) is 1. The van der Waals surface area contributed by atoms with E-state index in [1.807, 2.05) is 0 Å². The molecule has 0 spiro atoms. The van der Waals surface area contributed by atoms with Crippen molar-refractivity contribution in [2.45, 2.75) is 24.9 Å². The Balaban J connectivity index is 2.82. The third-order valence-electron chi connectivity index (χ3n) is 2.25. The summed E-state index contributed by atoms with van der Waals surface area (Å²) in [7, 11) is 0. The summed E-state index contributed by atoms with van der Waals surface area (Å²) in [6, 6.07) is 4.77. The molecule has 1 rings (SSSR count). The molecule has 1 aromatic rings. The molecular formula is C12H12BrF3O2. The summed E-state index contributed by atoms with van der Waals surface area (Å²) < 4.78 is 41.9. The van der Waals surface area contributed by atoms with Gasteiger partial charge in [0.25, 0.3) is 0 Å². The molecule has 0 amide bonds. The number of aryl methyl sites for hydroxylation is 1. The summed E-state index contributed by atoms with van der Waals surface area (Å²) in [6.07, 6.45) is -4.37. The van der Waals surface area contributed by atoms with Crippen LogP contribution in [-0.2, 0) is 0 Å². The quantitative estimate of drug-likeness (QED) is 0.620. The van der Waals surface area contributed by atoms with E-state index in [2.05, 4.69) is 15.9 Å². The molecule has 0 heterocycles. The molecule has 0 bridgehead atoms. The van der Waals surface area contributed by atoms with Crippen LogP contribution in [0.15, 0.2) is 18.2 Å². The van der Waals surface area contributed by atoms with Crippen LogP contribution in [0.1, 0.15) is 22.8 Å². The lowest BCUT2D eigenvalue weighted by Crippen LogP contribution is -2.29. The van der Waals surface area contributed by atoms with Crippen LogP contribution in [0.5, 0.6) is 5.75 Å². The first kappa shape index (κ1) is 15.0. The number of carbonyl (C=O) groups is 1. The zero-order valence-electron chi connectivity index (χ0n) is 9.84. The second-order valence-corrected chi connectivity index (χ2v) is 4.98. The minimum Gasteiger partial charge on any atom is -0.491 e. The Labute approximate surface area is 111 Å². The molecule has 0 aromatic heterocycles. The molecule has 1 aromatic carbocycles. The number of hydrogen-bond donors (Lipinski definition) is 0. The van der Waals surface area contributed by atoms with E-state index in [0.717, 1.165) is 5.56 Å². The number of benzene rings is 1. The zero-order chi connectivity index (χ0) is 13.9. The van der Waals surface area contributed by atoms with Crippen molar-refractivity contribution < 1.29 is 22.7 Å². The predicted molar refractivity (Wildman–Crippen MR) is 65.4 cm³/mol. The molecular weight excluding hydrogens is 313 g/mol. The van der Waals surface area contributed by atoms with Crippen LogP contribution in [0.2, 0.25) is 0 Å². The van der Waals surface area contributed by atoms with Gasteiger partial charge in [0, 0.05) is 0 Å². The van der Waals surface area contributed by atoms with E-state index in [-0.39, 0.29) is 17.1 Å². The van der Waals surface area contributed by atoms with E-state index in [1.54, 1.807) is 19.1 Å². The van der Waals surface area contributed by atoms with Gasteiger partial charge in [-0.05, 0) is 26.0 Å². The summed E-state index contributed by atoms with van der Waals surface area (Å²) in [5.74, 6) is -0.0753. The molecule has 0 radical (unpaired) electrons. The summed E-state index contributed by atoms with van der Waals surface area (Å²) in [5.41, 5.74) is 1.13. The Morgan fingerprint density at radius 2 is 2.06 bits per heavy atom. The topological polar surface area (TPSA) is 26.3 Å². The van der Waals surface area contributed by atoms with E-state index in [0.29, 0.717) is 0 Å². The molecule has 1 atom stereocenters. The maximum atomic E-state index is 12.3. The van der Waals surface area contributed by atoms with E-state index in [1.165, 1.54) is 13.0 Å². The molecule has 100 valence electrons. The van der Waals surface area contributed by atoms with E-state index in [4.69, 9.17) is 4.74 Å². The van der Waals surface area contributed by atoms with Gasteiger partial charge < -0.3 is 4.74 Å². The third-order valence-corrected chi connectivity index (χ3v) is 3.04. The Morgan fingerprint density at radius 1 is 1.44 bits per heavy atom. The van der Waals surface area contributed by atoms with Crippen molar-refractivity contribution in [2.75, 3.05) is 6.61 Å². The molecule has 0 aliphatic rings. The lowest BCUT2D eigenvalue weighted by atomic mass is 10.1. The van der Waals surface area contributed by atoms with Gasteiger partial charge in [0.05, 0.1) is 5.56 Å². The number of carbonyl (C=O) groups excluding carboxylic acids is 1. The summed E-state index contributed by atoms with van der Waals surface area (Å²) >= 11 is 2.50. The van der Waals surface area contributed by atoms with Crippen molar-refractivity contribution >= 4 is 21.7 Å². The van der Waals surface area contributed by atoms with Gasteiger partial charge in [-0.15, -0.1) is 0 Å². The van der Waals surface area contributed by atoms with Crippen molar-refractivity contribution in [1.29, 1.82) is 0 Å². The highest BCUT2D eigenvalue weighted by atomic mass is 79.9. The third kappa shape index (κ3) is 4.01. The number of Topliss-reactive ketones (excluding diaryl/α,β-unsaturated/α-hetero) is 1. The fourth-order valence-corrected chi connectivity index (χ4v) is 1.43. The molecule has 0 aliphatic carbocycles. The number of ketones is 1. The lowest BCUT2D eigenvalue weighted by molar-refractivity contribution is -0.132. The van der Waals surface area contributed by atoms with Crippen LogP contribution in [0.25, 0.3) is 0 Å². The fourth-order valence-electron chi connectivity index (χ4n) is 1.30. The van der Waals surface area contributed by atoms with Crippen LogP contribution in [0, 0.1) is 6.92 Å². The van der Waals surface area contributed by atoms with Gasteiger partial charge in [0.1, 0.15) is 17.2 Å². The molecule has 1 unspecified atom stereocenters. The highest BCUT2D eigenvalue weighted by Gasteiger charge is 2.38. The van der Waals surface area contributed by atoms with E-state index >= 15 is 0 Å². The lowest BCUT2D eigenvalue weighted by Gasteiger charge is -2.16. The van der Waals surface area contributed by atoms with Crippen LogP contribution in [0.3, 0.4) is 0 Å². The average Bonchev–Trinajstić information content (AvgIpc) is 2.25. The van der Waals surface area contributed by atoms with E-state index in [9.17, 15) is 18.0 Å². The number of rotatable bonds is 4. The van der Waals surface area contributed by atoms with Crippen molar-refractivity contribution in [3.63, 3.8) is 0 Å². The molecule has 0 saturated heterocycles. The summed E-state index contributed by atoms with van der Waals surface area (Å²) in [6.45, 7) is 2.56. The second kappa shape index (κ2) is 5.73. The van der Waals surface area contributed by atoms with Crippen molar-refractivity contribution in [2.24, 2.45) is 0 Å². The fraction of sp³-hybridized carbons (Fsp3) is 0.417. The van der Waals surface area contributed by atoms with Gasteiger partial charge in [-0.3, -0.25) is 4.79 Å². The monoisotopic (exact) mass is 324 g/mol. The molecule has 18 heavy (non-hydrogen) atoms. The van der Waals surface area contributed by atoms with Gasteiger partial charge in [-0.2, -0.15) is 13.2 Å². The van der Waals surface area contributed by atoms with Gasteiger partial charge in [-0.25, -0.2) is 0 Å². The molecule has 0 saturated carbocycles.